The summed E-state index contributed by atoms with van der Waals surface area (Å²) in [5, 5.41) is 43.9. The van der Waals surface area contributed by atoms with Gasteiger partial charge >= 0.3 is 30.0 Å². The van der Waals surface area contributed by atoms with Crippen molar-refractivity contribution in [2.75, 3.05) is 46.1 Å². The number of amides is 2. The Hall–Kier alpha value is -7.99. The molecule has 6 N–H and O–H groups in total. The number of pyridine rings is 5. The number of carbonyl (C=O) groups excluding carboxylic acids is 2. The average Bonchev–Trinajstić information content (AvgIpc) is 3.31. The number of carbonyl (C=O) groups is 6. The SMILES string of the molecule is CC(C)(C)OC(=O)NCCOCCOCCNC(=O)COc1cc(CN(Cc2cccc(C(=O)O)n2)Cc2cccc(C(=O)O)n2)nc(CN(Cc2cccc(C(=O)O)n2)Cc2cccc(C(=O)O)n2)c1. The van der Waals surface area contributed by atoms with E-state index in [0.717, 1.165) is 0 Å². The molecule has 0 aliphatic rings. The monoisotopic (exact) mass is 981 g/mol. The van der Waals surface area contributed by atoms with E-state index >= 15 is 0 Å². The van der Waals surface area contributed by atoms with Crippen molar-refractivity contribution in [1.29, 1.82) is 0 Å². The minimum atomic E-state index is -1.23. The van der Waals surface area contributed by atoms with Crippen molar-refractivity contribution in [2.45, 2.75) is 65.6 Å². The van der Waals surface area contributed by atoms with Crippen molar-refractivity contribution in [1.82, 2.24) is 45.4 Å². The van der Waals surface area contributed by atoms with Gasteiger partial charge in [-0.15, -0.1) is 0 Å². The molecule has 0 spiro atoms. The first kappa shape index (κ1) is 54.0. The Morgan fingerprint density at radius 1 is 0.493 bits per heavy atom. The molecule has 0 unspecified atom stereocenters. The van der Waals surface area contributed by atoms with E-state index in [-0.39, 0.29) is 107 Å². The fourth-order valence-electron chi connectivity index (χ4n) is 6.65. The average molecular weight is 982 g/mol. The Morgan fingerprint density at radius 3 is 1.20 bits per heavy atom. The van der Waals surface area contributed by atoms with Gasteiger partial charge in [-0.3, -0.25) is 19.6 Å². The Balaban J connectivity index is 1.36. The fraction of sp³-hybridized carbons (Fsp3) is 0.354. The molecule has 0 saturated carbocycles. The van der Waals surface area contributed by atoms with Crippen molar-refractivity contribution < 1.29 is 68.1 Å². The Morgan fingerprint density at radius 2 is 0.845 bits per heavy atom. The van der Waals surface area contributed by atoms with Gasteiger partial charge in [0.1, 0.15) is 34.1 Å². The quantitative estimate of drug-likeness (QED) is 0.0387. The summed E-state index contributed by atoms with van der Waals surface area (Å²) in [5.41, 5.74) is 0.971. The molecule has 5 rings (SSSR count). The second kappa shape index (κ2) is 26.7. The number of nitrogens with one attached hydrogen (secondary N) is 2. The second-order valence-corrected chi connectivity index (χ2v) is 16.6. The van der Waals surface area contributed by atoms with Crippen LogP contribution in [0.2, 0.25) is 0 Å². The number of aromatic carboxylic acids is 4. The number of rotatable bonds is 28. The van der Waals surface area contributed by atoms with Gasteiger partial charge in [-0.2, -0.15) is 0 Å². The lowest BCUT2D eigenvalue weighted by molar-refractivity contribution is -0.123. The van der Waals surface area contributed by atoms with Crippen LogP contribution in [0.5, 0.6) is 5.75 Å². The van der Waals surface area contributed by atoms with Crippen molar-refractivity contribution in [3.63, 3.8) is 0 Å². The van der Waals surface area contributed by atoms with Crippen LogP contribution in [0, 0.1) is 0 Å². The number of aromatic nitrogens is 5. The summed E-state index contributed by atoms with van der Waals surface area (Å²) < 4.78 is 22.2. The zero-order valence-electron chi connectivity index (χ0n) is 39.3. The lowest BCUT2D eigenvalue weighted by Crippen LogP contribution is -2.34. The topological polar surface area (TPSA) is 315 Å². The van der Waals surface area contributed by atoms with Crippen LogP contribution < -0.4 is 15.4 Å². The normalized spacial score (nSPS) is 11.3. The third-order valence-electron chi connectivity index (χ3n) is 9.55. The van der Waals surface area contributed by atoms with Gasteiger partial charge in [0, 0.05) is 64.5 Å². The van der Waals surface area contributed by atoms with Gasteiger partial charge in [-0.25, -0.2) is 43.9 Å². The van der Waals surface area contributed by atoms with Gasteiger partial charge in [0.25, 0.3) is 5.91 Å². The van der Waals surface area contributed by atoms with E-state index in [2.05, 4.69) is 30.6 Å². The Labute approximate surface area is 407 Å². The highest BCUT2D eigenvalue weighted by Gasteiger charge is 2.20. The zero-order valence-corrected chi connectivity index (χ0v) is 39.3. The van der Waals surface area contributed by atoms with E-state index in [1.54, 1.807) is 81.4 Å². The Kier molecular flexibility index (Phi) is 20.3. The molecule has 0 aliphatic heterocycles. The molecule has 23 heteroatoms. The zero-order chi connectivity index (χ0) is 51.3. The molecule has 5 heterocycles. The number of alkyl carbamates (subject to hydrolysis) is 1. The highest BCUT2D eigenvalue weighted by molar-refractivity contribution is 5.86. The van der Waals surface area contributed by atoms with Crippen molar-refractivity contribution in [3.05, 3.63) is 142 Å². The van der Waals surface area contributed by atoms with Crippen LogP contribution in [-0.4, -0.2) is 143 Å². The van der Waals surface area contributed by atoms with Crippen LogP contribution in [0.3, 0.4) is 0 Å². The maximum atomic E-state index is 13.0. The van der Waals surface area contributed by atoms with Gasteiger partial charge in [0.05, 0.1) is 60.6 Å². The largest absolute Gasteiger partial charge is 0.484 e. The minimum Gasteiger partial charge on any atom is -0.484 e. The number of nitrogens with zero attached hydrogens (tertiary/aromatic N) is 7. The Bertz CT molecular complexity index is 2380. The van der Waals surface area contributed by atoms with E-state index in [0.29, 0.717) is 34.2 Å². The van der Waals surface area contributed by atoms with Crippen LogP contribution in [-0.2, 0) is 58.3 Å². The molecular weight excluding hydrogens is 927 g/mol. The van der Waals surface area contributed by atoms with Gasteiger partial charge < -0.3 is 50.0 Å². The van der Waals surface area contributed by atoms with Gasteiger partial charge in [0.15, 0.2) is 6.61 Å². The minimum absolute atomic E-state index is 0.0418. The van der Waals surface area contributed by atoms with Crippen molar-refractivity contribution >= 4 is 35.9 Å². The number of carboxylic acids is 4. The van der Waals surface area contributed by atoms with Gasteiger partial charge in [-0.05, 0) is 69.3 Å². The first-order valence-electron chi connectivity index (χ1n) is 22.1. The second-order valence-electron chi connectivity index (χ2n) is 16.6. The number of hydrogen-bond donors (Lipinski definition) is 6. The van der Waals surface area contributed by atoms with E-state index in [1.807, 2.05) is 9.80 Å². The number of carboxylic acid groups (broad SMARTS) is 4. The molecule has 71 heavy (non-hydrogen) atoms. The summed E-state index contributed by atoms with van der Waals surface area (Å²) in [4.78, 5) is 97.7. The van der Waals surface area contributed by atoms with Crippen molar-refractivity contribution in [2.24, 2.45) is 0 Å². The molecule has 0 aromatic carbocycles. The van der Waals surface area contributed by atoms with E-state index < -0.39 is 48.1 Å². The van der Waals surface area contributed by atoms with Crippen LogP contribution in [0.15, 0.2) is 84.9 Å². The summed E-state index contributed by atoms with van der Waals surface area (Å²) in [6, 6.07) is 21.4. The molecule has 0 saturated heterocycles. The van der Waals surface area contributed by atoms with E-state index in [1.165, 1.54) is 24.3 Å². The molecule has 5 aromatic rings. The third kappa shape index (κ3) is 19.5. The molecule has 0 atom stereocenters. The van der Waals surface area contributed by atoms with Crippen LogP contribution in [0.1, 0.15) is 96.9 Å². The van der Waals surface area contributed by atoms with Gasteiger partial charge in [0.2, 0.25) is 0 Å². The maximum absolute atomic E-state index is 13.0. The predicted molar refractivity (Wildman–Crippen MR) is 249 cm³/mol. The molecule has 5 aromatic heterocycles. The third-order valence-corrected chi connectivity index (χ3v) is 9.55. The summed E-state index contributed by atoms with van der Waals surface area (Å²) in [6.45, 7) is 6.52. The number of hydrogen-bond acceptors (Lipinski definition) is 17. The van der Waals surface area contributed by atoms with E-state index in [9.17, 15) is 49.2 Å². The molecular formula is C48H55N9O14. The predicted octanol–water partition coefficient (Wildman–Crippen LogP) is 3.91. The van der Waals surface area contributed by atoms with E-state index in [4.69, 9.17) is 23.9 Å². The fourth-order valence-corrected chi connectivity index (χ4v) is 6.65. The summed E-state index contributed by atoms with van der Waals surface area (Å²) in [6.07, 6.45) is -0.544. The van der Waals surface area contributed by atoms with Crippen LogP contribution in [0.4, 0.5) is 4.79 Å². The first-order valence-corrected chi connectivity index (χ1v) is 22.1. The smallest absolute Gasteiger partial charge is 0.407 e. The molecule has 2 amide bonds. The molecule has 0 bridgehead atoms. The summed E-state index contributed by atoms with van der Waals surface area (Å²) >= 11 is 0. The van der Waals surface area contributed by atoms with Crippen LogP contribution >= 0.6 is 0 Å². The van der Waals surface area contributed by atoms with Crippen LogP contribution in [0.25, 0.3) is 0 Å². The lowest BCUT2D eigenvalue weighted by Gasteiger charge is -2.24. The summed E-state index contributed by atoms with van der Waals surface area (Å²) in [5.74, 6) is -5.15. The molecule has 376 valence electrons. The molecule has 0 fully saturated rings. The maximum Gasteiger partial charge on any atom is 0.407 e. The highest BCUT2D eigenvalue weighted by atomic mass is 16.6. The lowest BCUT2D eigenvalue weighted by atomic mass is 10.2. The summed E-state index contributed by atoms with van der Waals surface area (Å²) in [7, 11) is 0. The molecule has 0 aliphatic carbocycles. The van der Waals surface area contributed by atoms with Gasteiger partial charge in [-0.1, -0.05) is 24.3 Å². The van der Waals surface area contributed by atoms with Crippen molar-refractivity contribution in [3.8, 4) is 5.75 Å². The molecule has 0 radical (unpaired) electrons. The number of ether oxygens (including phenoxy) is 4. The molecule has 23 nitrogen and oxygen atoms in total. The highest BCUT2D eigenvalue weighted by Crippen LogP contribution is 2.22. The standard InChI is InChI=1S/C48H55N9O14/c1-48(2,3)71-47(67)50-17-19-69-21-20-68-18-16-49-42(58)30-70-37-22-35(28-56(24-31-8-4-12-38(52-31)43(59)60)25-32-9-5-13-39(53-32)44(61)62)51-36(23-37)29-57(26-33-10-6-14-40(54-33)45(63)64)27-34-11-7-15-41(55-34)46(65)66/h4-15,22-23H,16-21,24-30H2,1-3H3,(H,49,58)(H,50,67)(H,59,60)(H,61,62)(H,63,64)(H,65,66). The first-order chi connectivity index (χ1) is 33.9.